The highest BCUT2D eigenvalue weighted by Gasteiger charge is 2.07. The van der Waals surface area contributed by atoms with Crippen molar-refractivity contribution in [3.63, 3.8) is 0 Å². The SMILES string of the molecule is CCCOc1ccc(CCN)c2cccnc12. The van der Waals surface area contributed by atoms with Crippen molar-refractivity contribution in [3.05, 3.63) is 36.0 Å². The second-order valence-corrected chi connectivity index (χ2v) is 4.01. The third-order valence-electron chi connectivity index (χ3n) is 2.70. The first kappa shape index (κ1) is 11.9. The van der Waals surface area contributed by atoms with E-state index >= 15 is 0 Å². The Morgan fingerprint density at radius 1 is 1.29 bits per heavy atom. The standard InChI is InChI=1S/C14H18N2O/c1-2-10-17-13-6-5-11(7-8-15)12-4-3-9-16-14(12)13/h3-6,9H,2,7-8,10,15H2,1H3. The Kier molecular flexibility index (Phi) is 3.94. The minimum Gasteiger partial charge on any atom is -0.491 e. The van der Waals surface area contributed by atoms with Crippen LogP contribution >= 0.6 is 0 Å². The van der Waals surface area contributed by atoms with Crippen LogP contribution in [0.1, 0.15) is 18.9 Å². The van der Waals surface area contributed by atoms with E-state index in [1.165, 1.54) is 5.56 Å². The molecule has 1 aromatic heterocycles. The van der Waals surface area contributed by atoms with Gasteiger partial charge in [-0.15, -0.1) is 0 Å². The van der Waals surface area contributed by atoms with E-state index < -0.39 is 0 Å². The summed E-state index contributed by atoms with van der Waals surface area (Å²) in [7, 11) is 0. The van der Waals surface area contributed by atoms with E-state index in [2.05, 4.69) is 24.0 Å². The van der Waals surface area contributed by atoms with E-state index in [-0.39, 0.29) is 0 Å². The van der Waals surface area contributed by atoms with Crippen LogP contribution in [-0.2, 0) is 6.42 Å². The van der Waals surface area contributed by atoms with Crippen molar-refractivity contribution in [2.45, 2.75) is 19.8 Å². The zero-order chi connectivity index (χ0) is 12.1. The van der Waals surface area contributed by atoms with Crippen molar-refractivity contribution in [1.29, 1.82) is 0 Å². The average Bonchev–Trinajstić information content (AvgIpc) is 2.38. The third-order valence-corrected chi connectivity index (χ3v) is 2.70. The van der Waals surface area contributed by atoms with Gasteiger partial charge in [0, 0.05) is 11.6 Å². The smallest absolute Gasteiger partial charge is 0.145 e. The molecule has 0 radical (unpaired) electrons. The Hall–Kier alpha value is -1.61. The highest BCUT2D eigenvalue weighted by atomic mass is 16.5. The van der Waals surface area contributed by atoms with E-state index in [0.717, 1.165) is 36.1 Å². The lowest BCUT2D eigenvalue weighted by atomic mass is 10.1. The molecule has 2 N–H and O–H groups in total. The molecule has 0 fully saturated rings. The van der Waals surface area contributed by atoms with E-state index in [4.69, 9.17) is 10.5 Å². The van der Waals surface area contributed by atoms with Gasteiger partial charge in [-0.25, -0.2) is 0 Å². The van der Waals surface area contributed by atoms with Gasteiger partial charge < -0.3 is 10.5 Å². The van der Waals surface area contributed by atoms with E-state index in [1.807, 2.05) is 12.1 Å². The molecule has 0 aliphatic rings. The van der Waals surface area contributed by atoms with Crippen LogP contribution in [0.4, 0.5) is 0 Å². The van der Waals surface area contributed by atoms with Crippen LogP contribution in [0.3, 0.4) is 0 Å². The van der Waals surface area contributed by atoms with Crippen LogP contribution in [-0.4, -0.2) is 18.1 Å². The predicted octanol–water partition coefficient (Wildman–Crippen LogP) is 2.52. The lowest BCUT2D eigenvalue weighted by molar-refractivity contribution is 0.320. The summed E-state index contributed by atoms with van der Waals surface area (Å²) in [5.74, 6) is 0.864. The first-order valence-corrected chi connectivity index (χ1v) is 6.06. The molecule has 0 amide bonds. The van der Waals surface area contributed by atoms with Gasteiger partial charge in [-0.3, -0.25) is 4.98 Å². The van der Waals surface area contributed by atoms with Gasteiger partial charge >= 0.3 is 0 Å². The molecular weight excluding hydrogens is 212 g/mol. The highest BCUT2D eigenvalue weighted by Crippen LogP contribution is 2.26. The summed E-state index contributed by atoms with van der Waals surface area (Å²) >= 11 is 0. The molecule has 3 nitrogen and oxygen atoms in total. The number of rotatable bonds is 5. The fourth-order valence-corrected chi connectivity index (χ4v) is 1.91. The minimum absolute atomic E-state index is 0.652. The monoisotopic (exact) mass is 230 g/mol. The summed E-state index contributed by atoms with van der Waals surface area (Å²) in [5, 5.41) is 1.14. The van der Waals surface area contributed by atoms with Crippen molar-refractivity contribution < 1.29 is 4.74 Å². The maximum atomic E-state index is 5.71. The van der Waals surface area contributed by atoms with Crippen molar-refractivity contribution in [3.8, 4) is 5.75 Å². The number of nitrogens with two attached hydrogens (primary N) is 1. The molecule has 0 bridgehead atoms. The number of benzene rings is 1. The van der Waals surface area contributed by atoms with Crippen LogP contribution in [0.25, 0.3) is 10.9 Å². The molecule has 17 heavy (non-hydrogen) atoms. The van der Waals surface area contributed by atoms with Crippen LogP contribution in [0.15, 0.2) is 30.5 Å². The summed E-state index contributed by atoms with van der Waals surface area (Å²) < 4.78 is 5.71. The molecule has 0 saturated heterocycles. The van der Waals surface area contributed by atoms with Crippen LogP contribution in [0.2, 0.25) is 0 Å². The number of ether oxygens (including phenoxy) is 1. The van der Waals surface area contributed by atoms with Crippen LogP contribution < -0.4 is 10.5 Å². The lowest BCUT2D eigenvalue weighted by Crippen LogP contribution is -2.04. The summed E-state index contributed by atoms with van der Waals surface area (Å²) in [5.41, 5.74) is 7.79. The number of hydrogen-bond donors (Lipinski definition) is 1. The number of hydrogen-bond acceptors (Lipinski definition) is 3. The molecule has 3 heteroatoms. The Morgan fingerprint density at radius 3 is 2.94 bits per heavy atom. The van der Waals surface area contributed by atoms with Crippen molar-refractivity contribution >= 4 is 10.9 Å². The number of aromatic nitrogens is 1. The van der Waals surface area contributed by atoms with Gasteiger partial charge in [-0.05, 0) is 37.1 Å². The Balaban J connectivity index is 2.46. The number of pyridine rings is 1. The van der Waals surface area contributed by atoms with Gasteiger partial charge in [0.25, 0.3) is 0 Å². The van der Waals surface area contributed by atoms with Crippen molar-refractivity contribution in [2.24, 2.45) is 5.73 Å². The molecule has 0 aliphatic heterocycles. The molecular formula is C14H18N2O. The fourth-order valence-electron chi connectivity index (χ4n) is 1.91. The second-order valence-electron chi connectivity index (χ2n) is 4.01. The van der Waals surface area contributed by atoms with E-state index in [1.54, 1.807) is 6.20 Å². The van der Waals surface area contributed by atoms with Crippen LogP contribution in [0.5, 0.6) is 5.75 Å². The molecule has 2 aromatic rings. The normalized spacial score (nSPS) is 10.7. The quantitative estimate of drug-likeness (QED) is 0.858. The van der Waals surface area contributed by atoms with E-state index in [0.29, 0.717) is 6.54 Å². The van der Waals surface area contributed by atoms with Gasteiger partial charge in [0.15, 0.2) is 0 Å². The third kappa shape index (κ3) is 2.56. The molecule has 90 valence electrons. The van der Waals surface area contributed by atoms with Crippen LogP contribution in [0, 0.1) is 0 Å². The number of fused-ring (bicyclic) bond motifs is 1. The summed E-state index contributed by atoms with van der Waals surface area (Å²) in [4.78, 5) is 4.41. The molecule has 0 saturated carbocycles. The topological polar surface area (TPSA) is 48.1 Å². The maximum absolute atomic E-state index is 5.71. The maximum Gasteiger partial charge on any atom is 0.145 e. The zero-order valence-electron chi connectivity index (χ0n) is 10.1. The number of nitrogens with zero attached hydrogens (tertiary/aromatic N) is 1. The fraction of sp³-hybridized carbons (Fsp3) is 0.357. The zero-order valence-corrected chi connectivity index (χ0v) is 10.1. The average molecular weight is 230 g/mol. The predicted molar refractivity (Wildman–Crippen MR) is 70.3 cm³/mol. The van der Waals surface area contributed by atoms with Gasteiger partial charge in [0.2, 0.25) is 0 Å². The molecule has 0 unspecified atom stereocenters. The van der Waals surface area contributed by atoms with Gasteiger partial charge in [0.05, 0.1) is 6.61 Å². The molecule has 0 aliphatic carbocycles. The van der Waals surface area contributed by atoms with Crippen molar-refractivity contribution in [1.82, 2.24) is 4.98 Å². The summed E-state index contributed by atoms with van der Waals surface area (Å²) in [6, 6.07) is 8.11. The van der Waals surface area contributed by atoms with Gasteiger partial charge in [-0.1, -0.05) is 19.1 Å². The Labute approximate surface area is 102 Å². The van der Waals surface area contributed by atoms with Crippen molar-refractivity contribution in [2.75, 3.05) is 13.2 Å². The molecule has 0 atom stereocenters. The molecule has 1 aromatic carbocycles. The largest absolute Gasteiger partial charge is 0.491 e. The minimum atomic E-state index is 0.652. The van der Waals surface area contributed by atoms with E-state index in [9.17, 15) is 0 Å². The second kappa shape index (κ2) is 5.64. The first-order valence-electron chi connectivity index (χ1n) is 6.06. The summed E-state index contributed by atoms with van der Waals surface area (Å²) in [6.07, 6.45) is 3.67. The highest BCUT2D eigenvalue weighted by molar-refractivity contribution is 5.87. The molecule has 1 heterocycles. The Morgan fingerprint density at radius 2 is 2.18 bits per heavy atom. The molecule has 0 spiro atoms. The molecule has 2 rings (SSSR count). The van der Waals surface area contributed by atoms with Gasteiger partial charge in [-0.2, -0.15) is 0 Å². The first-order chi connectivity index (χ1) is 8.36. The van der Waals surface area contributed by atoms with Gasteiger partial charge in [0.1, 0.15) is 11.3 Å². The lowest BCUT2D eigenvalue weighted by Gasteiger charge is -2.10. The Bertz CT molecular complexity index is 497. The summed E-state index contributed by atoms with van der Waals surface area (Å²) in [6.45, 7) is 3.47.